The van der Waals surface area contributed by atoms with Gasteiger partial charge in [-0.05, 0) is 37.2 Å². The van der Waals surface area contributed by atoms with Crippen LogP contribution in [-0.4, -0.2) is 65.7 Å². The number of aromatic nitrogens is 1. The van der Waals surface area contributed by atoms with E-state index in [1.807, 2.05) is 12.1 Å². The van der Waals surface area contributed by atoms with Crippen LogP contribution < -0.4 is 20.3 Å². The summed E-state index contributed by atoms with van der Waals surface area (Å²) in [5.74, 6) is 1.30. The summed E-state index contributed by atoms with van der Waals surface area (Å²) < 4.78 is 16.8. The lowest BCUT2D eigenvalue weighted by Gasteiger charge is -2.26. The van der Waals surface area contributed by atoms with Gasteiger partial charge in [-0.1, -0.05) is 0 Å². The first-order chi connectivity index (χ1) is 14.1. The summed E-state index contributed by atoms with van der Waals surface area (Å²) >= 11 is 5.49. The third-order valence-electron chi connectivity index (χ3n) is 5.11. The van der Waals surface area contributed by atoms with Gasteiger partial charge >= 0.3 is 0 Å². The second-order valence-electron chi connectivity index (χ2n) is 7.17. The third-order valence-corrected chi connectivity index (χ3v) is 5.51. The van der Waals surface area contributed by atoms with Gasteiger partial charge in [0.25, 0.3) is 5.56 Å². The number of H-pyrrole nitrogens is 1. The van der Waals surface area contributed by atoms with Crippen LogP contribution in [0, 0.1) is 0 Å². The lowest BCUT2D eigenvalue weighted by molar-refractivity contribution is 0.113. The third kappa shape index (κ3) is 4.63. The van der Waals surface area contributed by atoms with Crippen molar-refractivity contribution in [2.45, 2.75) is 25.5 Å². The van der Waals surface area contributed by atoms with Gasteiger partial charge in [-0.2, -0.15) is 0 Å². The molecule has 1 unspecified atom stereocenters. The van der Waals surface area contributed by atoms with E-state index in [9.17, 15) is 9.90 Å². The van der Waals surface area contributed by atoms with Crippen LogP contribution in [0.4, 0.5) is 0 Å². The number of aliphatic hydroxyl groups excluding tert-OH is 1. The SMILES string of the molecule is O=c1[nH]c2cc3c(cc2cc1CN(CCO)C(=S)NCC1CCCO1)OCCO3. The van der Waals surface area contributed by atoms with E-state index in [-0.39, 0.29) is 24.8 Å². The van der Waals surface area contributed by atoms with Crippen molar-refractivity contribution in [1.29, 1.82) is 0 Å². The predicted molar refractivity (Wildman–Crippen MR) is 113 cm³/mol. The van der Waals surface area contributed by atoms with Gasteiger partial charge < -0.3 is 34.5 Å². The minimum atomic E-state index is -0.195. The Kier molecular flexibility index (Phi) is 6.17. The fraction of sp³-hybridized carbons (Fsp3) is 0.500. The molecule has 2 aliphatic heterocycles. The first-order valence-corrected chi connectivity index (χ1v) is 10.3. The summed E-state index contributed by atoms with van der Waals surface area (Å²) in [6.07, 6.45) is 2.22. The first kappa shape index (κ1) is 19.9. The fourth-order valence-electron chi connectivity index (χ4n) is 3.60. The lowest BCUT2D eigenvalue weighted by atomic mass is 10.1. The molecule has 3 heterocycles. The molecule has 29 heavy (non-hydrogen) atoms. The molecule has 9 heteroatoms. The number of pyridine rings is 1. The number of rotatable bonds is 6. The van der Waals surface area contributed by atoms with Crippen LogP contribution >= 0.6 is 12.2 Å². The number of thiocarbonyl (C=S) groups is 1. The molecule has 0 aliphatic carbocycles. The van der Waals surface area contributed by atoms with Crippen LogP contribution in [-0.2, 0) is 11.3 Å². The van der Waals surface area contributed by atoms with Crippen molar-refractivity contribution in [3.05, 3.63) is 34.1 Å². The molecular weight excluding hydrogens is 394 g/mol. The van der Waals surface area contributed by atoms with E-state index in [4.69, 9.17) is 26.4 Å². The Morgan fingerprint density at radius 2 is 2.03 bits per heavy atom. The molecule has 2 aromatic rings. The highest BCUT2D eigenvalue weighted by atomic mass is 32.1. The standard InChI is InChI=1S/C20H25N3O5S/c24-4-3-23(20(29)21-11-15-2-1-5-26-15)12-14-8-13-9-17-18(28-7-6-27-17)10-16(13)22-19(14)25/h8-10,15,24H,1-7,11-12H2,(H,21,29)(H,22,25). The first-order valence-electron chi connectivity index (χ1n) is 9.85. The van der Waals surface area contributed by atoms with Gasteiger partial charge in [-0.3, -0.25) is 4.79 Å². The highest BCUT2D eigenvalue weighted by Gasteiger charge is 2.19. The topological polar surface area (TPSA) is 96.1 Å². The van der Waals surface area contributed by atoms with Crippen molar-refractivity contribution >= 4 is 28.2 Å². The number of ether oxygens (including phenoxy) is 3. The number of aliphatic hydroxyl groups is 1. The van der Waals surface area contributed by atoms with Crippen LogP contribution in [0.1, 0.15) is 18.4 Å². The molecule has 8 nitrogen and oxygen atoms in total. The largest absolute Gasteiger partial charge is 0.486 e. The predicted octanol–water partition coefficient (Wildman–Crippen LogP) is 1.15. The van der Waals surface area contributed by atoms with Crippen molar-refractivity contribution in [2.24, 2.45) is 0 Å². The molecule has 2 aliphatic rings. The number of aromatic amines is 1. The minimum absolute atomic E-state index is 0.0636. The Hall–Kier alpha value is -2.36. The molecule has 0 saturated carbocycles. The number of nitrogens with zero attached hydrogens (tertiary/aromatic N) is 1. The highest BCUT2D eigenvalue weighted by Crippen LogP contribution is 2.33. The fourth-order valence-corrected chi connectivity index (χ4v) is 3.84. The number of benzene rings is 1. The van der Waals surface area contributed by atoms with Crippen LogP contribution in [0.25, 0.3) is 10.9 Å². The summed E-state index contributed by atoms with van der Waals surface area (Å²) in [6, 6.07) is 5.49. The Morgan fingerprint density at radius 3 is 2.76 bits per heavy atom. The van der Waals surface area contributed by atoms with Gasteiger partial charge in [0.15, 0.2) is 16.6 Å². The van der Waals surface area contributed by atoms with Crippen LogP contribution in [0.2, 0.25) is 0 Å². The minimum Gasteiger partial charge on any atom is -0.486 e. The molecule has 0 radical (unpaired) electrons. The molecule has 0 amide bonds. The smallest absolute Gasteiger partial charge is 0.253 e. The molecule has 3 N–H and O–H groups in total. The van der Waals surface area contributed by atoms with E-state index < -0.39 is 0 Å². The maximum atomic E-state index is 12.6. The number of fused-ring (bicyclic) bond motifs is 2. The number of hydrogen-bond acceptors (Lipinski definition) is 6. The van der Waals surface area contributed by atoms with Crippen LogP contribution in [0.5, 0.6) is 11.5 Å². The zero-order valence-corrected chi connectivity index (χ0v) is 16.9. The summed E-state index contributed by atoms with van der Waals surface area (Å²) in [5, 5.41) is 14.0. The second kappa shape index (κ2) is 8.98. The molecule has 0 bridgehead atoms. The average molecular weight is 420 g/mol. The van der Waals surface area contributed by atoms with Crippen molar-refractivity contribution in [3.8, 4) is 11.5 Å². The summed E-state index contributed by atoms with van der Waals surface area (Å²) in [7, 11) is 0. The van der Waals surface area contributed by atoms with Crippen molar-refractivity contribution < 1.29 is 19.3 Å². The Labute approximate surface area is 173 Å². The maximum absolute atomic E-state index is 12.6. The van der Waals surface area contributed by atoms with Gasteiger partial charge in [0.05, 0.1) is 24.8 Å². The van der Waals surface area contributed by atoms with Gasteiger partial charge in [0.2, 0.25) is 0 Å². The van der Waals surface area contributed by atoms with Gasteiger partial charge in [-0.15, -0.1) is 0 Å². The molecule has 156 valence electrons. The maximum Gasteiger partial charge on any atom is 0.253 e. The Balaban J connectivity index is 1.52. The zero-order chi connectivity index (χ0) is 20.2. The van der Waals surface area contributed by atoms with Crippen LogP contribution in [0.15, 0.2) is 23.0 Å². The second-order valence-corrected chi connectivity index (χ2v) is 7.56. The molecule has 1 saturated heterocycles. The van der Waals surface area contributed by atoms with Gasteiger partial charge in [0, 0.05) is 36.7 Å². The summed E-state index contributed by atoms with van der Waals surface area (Å²) in [6.45, 7) is 2.96. The normalized spacial score (nSPS) is 18.0. The van der Waals surface area contributed by atoms with Crippen molar-refractivity contribution in [1.82, 2.24) is 15.2 Å². The molecule has 4 rings (SSSR count). The van der Waals surface area contributed by atoms with E-state index in [2.05, 4.69) is 10.3 Å². The number of hydrogen-bond donors (Lipinski definition) is 3. The van der Waals surface area contributed by atoms with E-state index in [1.165, 1.54) is 0 Å². The summed E-state index contributed by atoms with van der Waals surface area (Å²) in [5.41, 5.74) is 1.05. The lowest BCUT2D eigenvalue weighted by Crippen LogP contribution is -2.44. The van der Waals surface area contributed by atoms with Crippen LogP contribution in [0.3, 0.4) is 0 Å². The molecule has 1 aromatic carbocycles. The highest BCUT2D eigenvalue weighted by molar-refractivity contribution is 7.80. The molecular formula is C20H25N3O5S. The Morgan fingerprint density at radius 1 is 1.24 bits per heavy atom. The number of nitrogens with one attached hydrogen (secondary N) is 2. The molecule has 1 atom stereocenters. The Bertz CT molecular complexity index is 942. The van der Waals surface area contributed by atoms with Gasteiger partial charge in [-0.25, -0.2) is 0 Å². The molecule has 1 fully saturated rings. The van der Waals surface area contributed by atoms with E-state index in [0.29, 0.717) is 54.0 Å². The summed E-state index contributed by atoms with van der Waals surface area (Å²) in [4.78, 5) is 17.3. The molecule has 0 spiro atoms. The molecule has 1 aromatic heterocycles. The van der Waals surface area contributed by atoms with Gasteiger partial charge in [0.1, 0.15) is 13.2 Å². The van der Waals surface area contributed by atoms with E-state index >= 15 is 0 Å². The van der Waals surface area contributed by atoms with Crippen molar-refractivity contribution in [2.75, 3.05) is 39.5 Å². The average Bonchev–Trinajstić information content (AvgIpc) is 3.24. The van der Waals surface area contributed by atoms with E-state index in [1.54, 1.807) is 11.0 Å². The quantitative estimate of drug-likeness (QED) is 0.600. The zero-order valence-electron chi connectivity index (χ0n) is 16.1. The van der Waals surface area contributed by atoms with Crippen molar-refractivity contribution in [3.63, 3.8) is 0 Å². The monoisotopic (exact) mass is 419 g/mol. The van der Waals surface area contributed by atoms with E-state index in [0.717, 1.165) is 24.8 Å².